The van der Waals surface area contributed by atoms with E-state index in [2.05, 4.69) is 15.2 Å². The summed E-state index contributed by atoms with van der Waals surface area (Å²) in [4.78, 5) is 3.89. The molecule has 0 saturated heterocycles. The normalized spacial score (nSPS) is 11.9. The van der Waals surface area contributed by atoms with E-state index >= 15 is 0 Å². The monoisotopic (exact) mass is 279 g/mol. The first kappa shape index (κ1) is 12.4. The number of hydrogen-bond acceptors (Lipinski definition) is 4. The van der Waals surface area contributed by atoms with Crippen LogP contribution in [0.2, 0.25) is 0 Å². The van der Waals surface area contributed by atoms with Crippen molar-refractivity contribution in [1.82, 2.24) is 19.6 Å². The molecule has 2 N–H and O–H groups in total. The molecule has 0 radical (unpaired) electrons. The van der Waals surface area contributed by atoms with Crippen LogP contribution in [-0.4, -0.2) is 19.6 Å². The summed E-state index contributed by atoms with van der Waals surface area (Å²) in [5, 5.41) is 7.75. The van der Waals surface area contributed by atoms with Gasteiger partial charge >= 0.3 is 6.18 Å². The van der Waals surface area contributed by atoms with E-state index in [9.17, 15) is 13.2 Å². The van der Waals surface area contributed by atoms with Crippen LogP contribution >= 0.6 is 0 Å². The summed E-state index contributed by atoms with van der Waals surface area (Å²) < 4.78 is 39.9. The van der Waals surface area contributed by atoms with Crippen LogP contribution in [0.1, 0.15) is 5.56 Å². The van der Waals surface area contributed by atoms with E-state index in [0.717, 1.165) is 12.1 Å². The Bertz CT molecular complexity index is 778. The Morgan fingerprint density at radius 1 is 1.10 bits per heavy atom. The minimum Gasteiger partial charge on any atom is -0.399 e. The van der Waals surface area contributed by atoms with Crippen molar-refractivity contribution in [2.45, 2.75) is 6.18 Å². The van der Waals surface area contributed by atoms with Gasteiger partial charge in [0.25, 0.3) is 0 Å². The van der Waals surface area contributed by atoms with Crippen LogP contribution in [0.5, 0.6) is 0 Å². The van der Waals surface area contributed by atoms with Crippen molar-refractivity contribution in [1.29, 1.82) is 0 Å². The first-order valence-corrected chi connectivity index (χ1v) is 5.58. The Morgan fingerprint density at radius 2 is 1.90 bits per heavy atom. The number of nitrogens with zero attached hydrogens (tertiary/aromatic N) is 4. The van der Waals surface area contributed by atoms with Gasteiger partial charge < -0.3 is 5.73 Å². The van der Waals surface area contributed by atoms with E-state index in [1.165, 1.54) is 23.0 Å². The summed E-state index contributed by atoms with van der Waals surface area (Å²) in [6.45, 7) is 0. The summed E-state index contributed by atoms with van der Waals surface area (Å²) in [5.74, 6) is 0.255. The van der Waals surface area contributed by atoms with Crippen LogP contribution in [0.4, 0.5) is 18.9 Å². The molecule has 2 aromatic heterocycles. The Balaban J connectivity index is 2.22. The zero-order chi connectivity index (χ0) is 14.3. The zero-order valence-corrected chi connectivity index (χ0v) is 9.96. The molecule has 0 aliphatic rings. The molecule has 0 aliphatic heterocycles. The topological polar surface area (TPSA) is 69.1 Å². The summed E-state index contributed by atoms with van der Waals surface area (Å²) in [5.41, 5.74) is 5.44. The third kappa shape index (κ3) is 2.04. The van der Waals surface area contributed by atoms with E-state index in [0.29, 0.717) is 5.65 Å². The lowest BCUT2D eigenvalue weighted by molar-refractivity contribution is -0.137. The molecular weight excluding hydrogens is 271 g/mol. The number of hydrogen-bond donors (Lipinski definition) is 1. The van der Waals surface area contributed by atoms with E-state index in [-0.39, 0.29) is 17.1 Å². The lowest BCUT2D eigenvalue weighted by Crippen LogP contribution is -2.06. The van der Waals surface area contributed by atoms with Crippen LogP contribution in [0.25, 0.3) is 17.0 Å². The molecule has 0 atom stereocenters. The first-order chi connectivity index (χ1) is 9.45. The molecule has 0 spiro atoms. The lowest BCUT2D eigenvalue weighted by atomic mass is 10.1. The predicted molar refractivity (Wildman–Crippen MR) is 65.6 cm³/mol. The highest BCUT2D eigenvalue weighted by molar-refractivity contribution is 5.65. The minimum atomic E-state index is -4.47. The van der Waals surface area contributed by atoms with Gasteiger partial charge in [-0.2, -0.15) is 13.2 Å². The molecule has 0 aliphatic carbocycles. The van der Waals surface area contributed by atoms with Gasteiger partial charge in [0.15, 0.2) is 11.5 Å². The van der Waals surface area contributed by atoms with Gasteiger partial charge in [-0.3, -0.25) is 4.40 Å². The van der Waals surface area contributed by atoms with E-state index in [4.69, 9.17) is 5.73 Å². The lowest BCUT2D eigenvalue weighted by Gasteiger charge is -2.09. The van der Waals surface area contributed by atoms with Crippen LogP contribution in [0, 0.1) is 0 Å². The fourth-order valence-corrected chi connectivity index (χ4v) is 1.89. The second kappa shape index (κ2) is 4.19. The smallest absolute Gasteiger partial charge is 0.399 e. The summed E-state index contributed by atoms with van der Waals surface area (Å²) in [6.07, 6.45) is -1.52. The third-order valence-electron chi connectivity index (χ3n) is 2.75. The molecule has 0 saturated carbocycles. The molecule has 0 amide bonds. The number of benzene rings is 1. The van der Waals surface area contributed by atoms with E-state index < -0.39 is 11.7 Å². The number of alkyl halides is 3. The fraction of sp³-hybridized carbons (Fsp3) is 0.0833. The maximum absolute atomic E-state index is 12.8. The maximum atomic E-state index is 12.8. The summed E-state index contributed by atoms with van der Waals surface area (Å²) >= 11 is 0. The van der Waals surface area contributed by atoms with Crippen molar-refractivity contribution in [2.75, 3.05) is 5.73 Å². The van der Waals surface area contributed by atoms with Crippen LogP contribution < -0.4 is 5.73 Å². The van der Waals surface area contributed by atoms with Gasteiger partial charge in [0.2, 0.25) is 0 Å². The van der Waals surface area contributed by atoms with Crippen LogP contribution in [-0.2, 0) is 6.18 Å². The van der Waals surface area contributed by atoms with E-state index in [1.54, 1.807) is 6.07 Å². The van der Waals surface area contributed by atoms with Crippen LogP contribution in [0.15, 0.2) is 36.8 Å². The molecule has 5 nitrogen and oxygen atoms in total. The van der Waals surface area contributed by atoms with Gasteiger partial charge in [-0.1, -0.05) is 0 Å². The second-order valence-corrected chi connectivity index (χ2v) is 4.17. The molecule has 3 rings (SSSR count). The highest BCUT2D eigenvalue weighted by atomic mass is 19.4. The average molecular weight is 279 g/mol. The molecule has 2 heterocycles. The molecule has 102 valence electrons. The fourth-order valence-electron chi connectivity index (χ4n) is 1.89. The van der Waals surface area contributed by atoms with Crippen molar-refractivity contribution >= 4 is 11.3 Å². The van der Waals surface area contributed by atoms with Gasteiger partial charge in [-0.05, 0) is 18.2 Å². The van der Waals surface area contributed by atoms with Gasteiger partial charge in [0, 0.05) is 23.5 Å². The number of aromatic nitrogens is 4. The highest BCUT2D eigenvalue weighted by Gasteiger charge is 2.31. The zero-order valence-electron chi connectivity index (χ0n) is 9.96. The molecule has 0 bridgehead atoms. The van der Waals surface area contributed by atoms with Gasteiger partial charge in [0.05, 0.1) is 5.56 Å². The maximum Gasteiger partial charge on any atom is 0.416 e. The second-order valence-electron chi connectivity index (χ2n) is 4.17. The Morgan fingerprint density at radius 3 is 2.65 bits per heavy atom. The van der Waals surface area contributed by atoms with Gasteiger partial charge in [-0.15, -0.1) is 10.2 Å². The van der Waals surface area contributed by atoms with E-state index in [1.807, 2.05) is 0 Å². The number of nitrogens with two attached hydrogens (primary N) is 1. The number of nitrogen functional groups attached to an aromatic ring is 1. The number of fused-ring (bicyclic) bond motifs is 1. The molecule has 20 heavy (non-hydrogen) atoms. The molecule has 1 aromatic carbocycles. The predicted octanol–water partition coefficient (Wildman–Crippen LogP) is 2.39. The number of halogens is 3. The van der Waals surface area contributed by atoms with Crippen LogP contribution in [0.3, 0.4) is 0 Å². The highest BCUT2D eigenvalue weighted by Crippen LogP contribution is 2.33. The third-order valence-corrected chi connectivity index (χ3v) is 2.75. The Labute approximate surface area is 110 Å². The quantitative estimate of drug-likeness (QED) is 0.694. The summed E-state index contributed by atoms with van der Waals surface area (Å²) in [6, 6.07) is 4.89. The number of rotatable bonds is 1. The van der Waals surface area contributed by atoms with Crippen molar-refractivity contribution in [3.05, 3.63) is 42.4 Å². The van der Waals surface area contributed by atoms with Crippen molar-refractivity contribution in [3.8, 4) is 11.4 Å². The summed E-state index contributed by atoms with van der Waals surface area (Å²) in [7, 11) is 0. The molecule has 3 aromatic rings. The Hall–Kier alpha value is -2.64. The molecule has 0 unspecified atom stereocenters. The largest absolute Gasteiger partial charge is 0.416 e. The van der Waals surface area contributed by atoms with Gasteiger partial charge in [-0.25, -0.2) is 4.98 Å². The van der Waals surface area contributed by atoms with Crippen molar-refractivity contribution in [2.24, 2.45) is 0 Å². The molecule has 8 heteroatoms. The molecular formula is C12H8F3N5. The Kier molecular flexibility index (Phi) is 2.60. The van der Waals surface area contributed by atoms with Crippen molar-refractivity contribution in [3.63, 3.8) is 0 Å². The molecule has 0 fully saturated rings. The number of anilines is 1. The average Bonchev–Trinajstić information content (AvgIpc) is 2.80. The SMILES string of the molecule is Nc1cc(-c2nnc3ccncn23)cc(C(F)(F)F)c1. The van der Waals surface area contributed by atoms with Gasteiger partial charge in [0.1, 0.15) is 6.33 Å². The first-order valence-electron chi connectivity index (χ1n) is 5.58. The standard InChI is InChI=1S/C12H8F3N5/c13-12(14,15)8-3-7(4-9(16)5-8)11-19-18-10-1-2-17-6-20(10)11/h1-6H,16H2. The minimum absolute atomic E-state index is 0.00969. The van der Waals surface area contributed by atoms with Crippen molar-refractivity contribution < 1.29 is 13.2 Å².